The van der Waals surface area contributed by atoms with E-state index >= 15 is 0 Å². The molecule has 2 fully saturated rings. The third kappa shape index (κ3) is 4.12. The number of carbonyl (C=O) groups excluding carboxylic acids is 1. The summed E-state index contributed by atoms with van der Waals surface area (Å²) in [6, 6.07) is 7.58. The Bertz CT molecular complexity index is 913. The Kier molecular flexibility index (Phi) is 5.52. The molecule has 3 aliphatic heterocycles. The van der Waals surface area contributed by atoms with Crippen LogP contribution in [0.5, 0.6) is 11.5 Å². The van der Waals surface area contributed by atoms with Gasteiger partial charge in [-0.05, 0) is 25.0 Å². The summed E-state index contributed by atoms with van der Waals surface area (Å²) in [6.07, 6.45) is 3.26. The van der Waals surface area contributed by atoms with Crippen molar-refractivity contribution >= 4 is 35.0 Å². The SMILES string of the molecule is O=C(Nc1ccc2c(c1)OCO2)C1CCN(c2cc(N3CCSCC3)ncn2)CC1. The lowest BCUT2D eigenvalue weighted by Crippen LogP contribution is -2.39. The molecule has 0 unspecified atom stereocenters. The largest absolute Gasteiger partial charge is 0.454 e. The highest BCUT2D eigenvalue weighted by molar-refractivity contribution is 7.99. The van der Waals surface area contributed by atoms with Crippen LogP contribution in [0.4, 0.5) is 17.3 Å². The van der Waals surface area contributed by atoms with E-state index in [1.807, 2.05) is 30.0 Å². The van der Waals surface area contributed by atoms with Gasteiger partial charge in [0.05, 0.1) is 0 Å². The summed E-state index contributed by atoms with van der Waals surface area (Å²) in [7, 11) is 0. The van der Waals surface area contributed by atoms with E-state index in [4.69, 9.17) is 9.47 Å². The van der Waals surface area contributed by atoms with Crippen molar-refractivity contribution in [2.24, 2.45) is 5.92 Å². The average molecular weight is 428 g/mol. The molecule has 0 aliphatic carbocycles. The van der Waals surface area contributed by atoms with Gasteiger partial charge in [-0.1, -0.05) is 0 Å². The third-order valence-electron chi connectivity index (χ3n) is 5.80. The molecule has 158 valence electrons. The smallest absolute Gasteiger partial charge is 0.231 e. The summed E-state index contributed by atoms with van der Waals surface area (Å²) in [4.78, 5) is 26.3. The molecule has 0 spiro atoms. The van der Waals surface area contributed by atoms with Gasteiger partial charge in [-0.15, -0.1) is 0 Å². The minimum atomic E-state index is -0.00731. The normalized spacial score (nSPS) is 19.1. The summed E-state index contributed by atoms with van der Waals surface area (Å²) in [6.45, 7) is 3.91. The molecule has 2 aromatic rings. The zero-order valence-corrected chi connectivity index (χ0v) is 17.6. The molecule has 2 saturated heterocycles. The van der Waals surface area contributed by atoms with E-state index in [1.165, 1.54) is 0 Å². The Hall–Kier alpha value is -2.68. The minimum Gasteiger partial charge on any atom is -0.454 e. The lowest BCUT2D eigenvalue weighted by atomic mass is 9.95. The van der Waals surface area contributed by atoms with Gasteiger partial charge in [0.1, 0.15) is 18.0 Å². The number of nitrogens with one attached hydrogen (secondary N) is 1. The predicted molar refractivity (Wildman–Crippen MR) is 118 cm³/mol. The van der Waals surface area contributed by atoms with Crippen molar-refractivity contribution in [2.75, 3.05) is 59.6 Å². The molecule has 0 radical (unpaired) electrons. The first-order chi connectivity index (χ1) is 14.8. The molecule has 3 aliphatic rings. The number of anilines is 3. The number of aromatic nitrogens is 2. The van der Waals surface area contributed by atoms with E-state index in [0.717, 1.165) is 67.8 Å². The topological polar surface area (TPSA) is 79.8 Å². The van der Waals surface area contributed by atoms with Crippen LogP contribution in [-0.4, -0.2) is 60.4 Å². The Morgan fingerprint density at radius 3 is 2.43 bits per heavy atom. The van der Waals surface area contributed by atoms with E-state index in [9.17, 15) is 4.79 Å². The van der Waals surface area contributed by atoms with Gasteiger partial charge in [0, 0.05) is 61.4 Å². The van der Waals surface area contributed by atoms with Crippen LogP contribution >= 0.6 is 11.8 Å². The summed E-state index contributed by atoms with van der Waals surface area (Å²) in [5.74, 6) is 5.68. The van der Waals surface area contributed by atoms with E-state index in [1.54, 1.807) is 6.33 Å². The highest BCUT2D eigenvalue weighted by Gasteiger charge is 2.27. The van der Waals surface area contributed by atoms with Crippen molar-refractivity contribution in [1.29, 1.82) is 0 Å². The summed E-state index contributed by atoms with van der Waals surface area (Å²) >= 11 is 1.99. The van der Waals surface area contributed by atoms with E-state index in [0.29, 0.717) is 11.5 Å². The molecule has 0 saturated carbocycles. The molecular formula is C21H25N5O3S. The zero-order chi connectivity index (χ0) is 20.3. The maximum absolute atomic E-state index is 12.7. The molecule has 9 heteroatoms. The number of fused-ring (bicyclic) bond motifs is 1. The van der Waals surface area contributed by atoms with Gasteiger partial charge in [0.2, 0.25) is 12.7 Å². The first-order valence-corrected chi connectivity index (χ1v) is 11.5. The second kappa shape index (κ2) is 8.59. The molecule has 1 N–H and O–H groups in total. The maximum atomic E-state index is 12.7. The molecule has 0 bridgehead atoms. The Morgan fingerprint density at radius 1 is 0.967 bits per heavy atom. The van der Waals surface area contributed by atoms with Gasteiger partial charge >= 0.3 is 0 Å². The van der Waals surface area contributed by atoms with Crippen molar-refractivity contribution in [1.82, 2.24) is 9.97 Å². The van der Waals surface area contributed by atoms with Gasteiger partial charge in [-0.25, -0.2) is 9.97 Å². The lowest BCUT2D eigenvalue weighted by Gasteiger charge is -2.33. The maximum Gasteiger partial charge on any atom is 0.231 e. The van der Waals surface area contributed by atoms with Crippen molar-refractivity contribution in [3.8, 4) is 11.5 Å². The molecule has 5 rings (SSSR count). The van der Waals surface area contributed by atoms with Crippen LogP contribution in [0.25, 0.3) is 0 Å². The number of hydrogen-bond donors (Lipinski definition) is 1. The first-order valence-electron chi connectivity index (χ1n) is 10.4. The summed E-state index contributed by atoms with van der Waals surface area (Å²) < 4.78 is 10.7. The molecule has 1 aromatic heterocycles. The van der Waals surface area contributed by atoms with Crippen LogP contribution in [0.15, 0.2) is 30.6 Å². The number of benzene rings is 1. The Morgan fingerprint density at radius 2 is 1.67 bits per heavy atom. The van der Waals surface area contributed by atoms with Crippen molar-refractivity contribution < 1.29 is 14.3 Å². The van der Waals surface area contributed by atoms with Crippen molar-refractivity contribution in [3.05, 3.63) is 30.6 Å². The standard InChI is InChI=1S/C21H25N5O3S/c27-21(24-16-1-2-17-18(11-16)29-14-28-17)15-3-5-25(6-4-15)19-12-20(23-13-22-19)26-7-9-30-10-8-26/h1-2,11-13,15H,3-10,14H2,(H,24,27). The predicted octanol–water partition coefficient (Wildman–Crippen LogP) is 2.61. The average Bonchev–Trinajstić information content (AvgIpc) is 3.28. The van der Waals surface area contributed by atoms with Gasteiger partial charge in [-0.3, -0.25) is 4.79 Å². The molecule has 30 heavy (non-hydrogen) atoms. The number of rotatable bonds is 4. The van der Waals surface area contributed by atoms with Crippen LogP contribution in [0.2, 0.25) is 0 Å². The van der Waals surface area contributed by atoms with Gasteiger partial charge in [0.25, 0.3) is 0 Å². The quantitative estimate of drug-likeness (QED) is 0.798. The summed E-state index contributed by atoms with van der Waals surface area (Å²) in [5, 5.41) is 3.02. The van der Waals surface area contributed by atoms with Crippen LogP contribution in [0.3, 0.4) is 0 Å². The van der Waals surface area contributed by atoms with Gasteiger partial charge in [-0.2, -0.15) is 11.8 Å². The molecular weight excluding hydrogens is 402 g/mol. The van der Waals surface area contributed by atoms with Gasteiger partial charge in [0.15, 0.2) is 11.5 Å². The zero-order valence-electron chi connectivity index (χ0n) is 16.7. The third-order valence-corrected chi connectivity index (χ3v) is 6.75. The highest BCUT2D eigenvalue weighted by atomic mass is 32.2. The Balaban J connectivity index is 1.17. The fraction of sp³-hybridized carbons (Fsp3) is 0.476. The monoisotopic (exact) mass is 427 g/mol. The molecule has 4 heterocycles. The van der Waals surface area contributed by atoms with E-state index in [2.05, 4.69) is 31.2 Å². The number of piperidine rings is 1. The number of carbonyl (C=O) groups is 1. The summed E-state index contributed by atoms with van der Waals surface area (Å²) in [5.41, 5.74) is 0.742. The fourth-order valence-electron chi connectivity index (χ4n) is 4.06. The fourth-order valence-corrected chi connectivity index (χ4v) is 4.97. The molecule has 1 amide bonds. The number of hydrogen-bond acceptors (Lipinski definition) is 8. The van der Waals surface area contributed by atoms with E-state index < -0.39 is 0 Å². The number of amides is 1. The van der Waals surface area contributed by atoms with Crippen LogP contribution in [0.1, 0.15) is 12.8 Å². The number of nitrogens with zero attached hydrogens (tertiary/aromatic N) is 4. The molecule has 8 nitrogen and oxygen atoms in total. The molecule has 0 atom stereocenters. The van der Waals surface area contributed by atoms with Crippen LogP contribution in [0, 0.1) is 5.92 Å². The van der Waals surface area contributed by atoms with Crippen molar-refractivity contribution in [3.63, 3.8) is 0 Å². The number of ether oxygens (including phenoxy) is 2. The molecule has 1 aromatic carbocycles. The highest BCUT2D eigenvalue weighted by Crippen LogP contribution is 2.34. The van der Waals surface area contributed by atoms with E-state index in [-0.39, 0.29) is 18.6 Å². The lowest BCUT2D eigenvalue weighted by molar-refractivity contribution is -0.120. The van der Waals surface area contributed by atoms with Crippen LogP contribution < -0.4 is 24.6 Å². The number of thioether (sulfide) groups is 1. The van der Waals surface area contributed by atoms with Crippen molar-refractivity contribution in [2.45, 2.75) is 12.8 Å². The minimum absolute atomic E-state index is 0.00731. The second-order valence-corrected chi connectivity index (χ2v) is 8.88. The second-order valence-electron chi connectivity index (χ2n) is 7.65. The first kappa shape index (κ1) is 19.3. The van der Waals surface area contributed by atoms with Crippen LogP contribution in [-0.2, 0) is 4.79 Å². The van der Waals surface area contributed by atoms with Gasteiger partial charge < -0.3 is 24.6 Å². The Labute approximate surface area is 180 Å².